The van der Waals surface area contributed by atoms with Crippen molar-refractivity contribution in [1.82, 2.24) is 4.98 Å². The number of esters is 1. The Morgan fingerprint density at radius 1 is 1.29 bits per heavy atom. The molecule has 0 atom stereocenters. The second-order valence-corrected chi connectivity index (χ2v) is 5.21. The summed E-state index contributed by atoms with van der Waals surface area (Å²) in [6.45, 7) is 1.80. The lowest BCUT2D eigenvalue weighted by Crippen LogP contribution is -2.21. The lowest BCUT2D eigenvalue weighted by Gasteiger charge is -2.03. The monoisotopic (exact) mass is 306 g/mol. The summed E-state index contributed by atoms with van der Waals surface area (Å²) >= 11 is 1.28. The lowest BCUT2D eigenvalue weighted by atomic mass is 10.2. The number of amides is 1. The SMILES string of the molecule is Cc1ccc(OCc2nc(C(=O)OCC(N)=O)cs2)cc1. The predicted molar refractivity (Wildman–Crippen MR) is 77.1 cm³/mol. The highest BCUT2D eigenvalue weighted by atomic mass is 32.1. The average Bonchev–Trinajstić information content (AvgIpc) is 2.93. The van der Waals surface area contributed by atoms with Crippen molar-refractivity contribution in [3.63, 3.8) is 0 Å². The van der Waals surface area contributed by atoms with Crippen LogP contribution < -0.4 is 10.5 Å². The van der Waals surface area contributed by atoms with Crippen LogP contribution in [0.5, 0.6) is 5.75 Å². The smallest absolute Gasteiger partial charge is 0.358 e. The van der Waals surface area contributed by atoms with Crippen LogP contribution in [0.1, 0.15) is 21.1 Å². The van der Waals surface area contributed by atoms with Crippen molar-refractivity contribution in [3.8, 4) is 5.75 Å². The molecule has 0 aliphatic heterocycles. The Morgan fingerprint density at radius 3 is 2.67 bits per heavy atom. The number of primary amides is 1. The van der Waals surface area contributed by atoms with E-state index < -0.39 is 18.5 Å². The maximum absolute atomic E-state index is 11.5. The average molecular weight is 306 g/mol. The number of carbonyl (C=O) groups excluding carboxylic acids is 2. The van der Waals surface area contributed by atoms with E-state index in [-0.39, 0.29) is 12.3 Å². The highest BCUT2D eigenvalue weighted by Crippen LogP contribution is 2.16. The number of aryl methyl sites for hydroxylation is 1. The summed E-state index contributed by atoms with van der Waals surface area (Å²) in [4.78, 5) is 26.2. The zero-order valence-electron chi connectivity index (χ0n) is 11.4. The Kier molecular flexibility index (Phi) is 4.89. The molecule has 0 aliphatic carbocycles. The van der Waals surface area contributed by atoms with Gasteiger partial charge in [0, 0.05) is 5.38 Å². The maximum Gasteiger partial charge on any atom is 0.358 e. The molecule has 21 heavy (non-hydrogen) atoms. The summed E-state index contributed by atoms with van der Waals surface area (Å²) in [6, 6.07) is 7.63. The van der Waals surface area contributed by atoms with E-state index in [0.717, 1.165) is 11.3 Å². The van der Waals surface area contributed by atoms with Gasteiger partial charge in [0.15, 0.2) is 12.3 Å². The zero-order valence-corrected chi connectivity index (χ0v) is 12.2. The number of aromatic nitrogens is 1. The Balaban J connectivity index is 1.89. The van der Waals surface area contributed by atoms with Gasteiger partial charge in [-0.1, -0.05) is 17.7 Å². The van der Waals surface area contributed by atoms with Crippen LogP contribution in [-0.2, 0) is 16.1 Å². The summed E-state index contributed by atoms with van der Waals surface area (Å²) in [5.74, 6) is -0.651. The third kappa shape index (κ3) is 4.57. The molecule has 0 bridgehead atoms. The van der Waals surface area contributed by atoms with Crippen LogP contribution in [-0.4, -0.2) is 23.5 Å². The molecule has 1 amide bonds. The van der Waals surface area contributed by atoms with Crippen molar-refractivity contribution >= 4 is 23.2 Å². The molecule has 2 rings (SSSR count). The van der Waals surface area contributed by atoms with Gasteiger partial charge in [-0.05, 0) is 19.1 Å². The molecule has 0 saturated carbocycles. The van der Waals surface area contributed by atoms with Gasteiger partial charge in [-0.15, -0.1) is 11.3 Å². The van der Waals surface area contributed by atoms with Crippen LogP contribution in [0.15, 0.2) is 29.6 Å². The predicted octanol–water partition coefficient (Wildman–Crippen LogP) is 1.67. The molecule has 1 heterocycles. The topological polar surface area (TPSA) is 91.5 Å². The number of ether oxygens (including phenoxy) is 2. The Hall–Kier alpha value is -2.41. The van der Waals surface area contributed by atoms with Crippen LogP contribution in [0.4, 0.5) is 0 Å². The molecule has 6 nitrogen and oxygen atoms in total. The first-order chi connectivity index (χ1) is 10.0. The molecule has 0 aliphatic rings. The minimum atomic E-state index is -0.707. The van der Waals surface area contributed by atoms with Gasteiger partial charge in [-0.2, -0.15) is 0 Å². The van der Waals surface area contributed by atoms with E-state index in [1.54, 1.807) is 5.38 Å². The van der Waals surface area contributed by atoms with Crippen LogP contribution in [0.25, 0.3) is 0 Å². The quantitative estimate of drug-likeness (QED) is 0.820. The van der Waals surface area contributed by atoms with Crippen LogP contribution in [0.2, 0.25) is 0 Å². The number of rotatable bonds is 6. The number of hydrogen-bond donors (Lipinski definition) is 1. The largest absolute Gasteiger partial charge is 0.486 e. The van der Waals surface area contributed by atoms with E-state index in [1.165, 1.54) is 11.3 Å². The lowest BCUT2D eigenvalue weighted by molar-refractivity contribution is -0.121. The molecule has 1 aromatic carbocycles. The minimum Gasteiger partial charge on any atom is -0.486 e. The first kappa shape index (κ1) is 15.0. The summed E-state index contributed by atoms with van der Waals surface area (Å²) in [6.07, 6.45) is 0. The third-order valence-electron chi connectivity index (χ3n) is 2.49. The van der Waals surface area contributed by atoms with Gasteiger partial charge in [0.25, 0.3) is 5.91 Å². The maximum atomic E-state index is 11.5. The van der Waals surface area contributed by atoms with Crippen molar-refractivity contribution in [1.29, 1.82) is 0 Å². The molecule has 7 heteroatoms. The fourth-order valence-electron chi connectivity index (χ4n) is 1.46. The van der Waals surface area contributed by atoms with Crippen molar-refractivity contribution < 1.29 is 19.1 Å². The molecular weight excluding hydrogens is 292 g/mol. The van der Waals surface area contributed by atoms with Gasteiger partial charge in [-0.25, -0.2) is 9.78 Å². The molecule has 110 valence electrons. The summed E-state index contributed by atoms with van der Waals surface area (Å²) in [5, 5.41) is 2.19. The first-order valence-corrected chi connectivity index (χ1v) is 7.02. The fraction of sp³-hybridized carbons (Fsp3) is 0.214. The number of thiazole rings is 1. The minimum absolute atomic E-state index is 0.142. The second-order valence-electron chi connectivity index (χ2n) is 4.27. The summed E-state index contributed by atoms with van der Waals surface area (Å²) in [7, 11) is 0. The standard InChI is InChI=1S/C14H14N2O4S/c1-9-2-4-10(5-3-9)19-7-13-16-11(8-21-13)14(18)20-6-12(15)17/h2-5,8H,6-7H2,1H3,(H2,15,17). The van der Waals surface area contributed by atoms with Crippen LogP contribution >= 0.6 is 11.3 Å². The van der Waals surface area contributed by atoms with E-state index in [2.05, 4.69) is 9.72 Å². The van der Waals surface area contributed by atoms with E-state index >= 15 is 0 Å². The summed E-state index contributed by atoms with van der Waals surface area (Å²) < 4.78 is 10.2. The first-order valence-electron chi connectivity index (χ1n) is 6.14. The van der Waals surface area contributed by atoms with Gasteiger partial charge >= 0.3 is 5.97 Å². The van der Waals surface area contributed by atoms with Gasteiger partial charge in [0.05, 0.1) is 0 Å². The molecule has 0 saturated heterocycles. The van der Waals surface area contributed by atoms with Gasteiger partial charge in [0.2, 0.25) is 0 Å². The van der Waals surface area contributed by atoms with E-state index in [1.807, 2.05) is 31.2 Å². The fourth-order valence-corrected chi connectivity index (χ4v) is 2.14. The van der Waals surface area contributed by atoms with E-state index in [0.29, 0.717) is 5.01 Å². The molecule has 0 spiro atoms. The summed E-state index contributed by atoms with van der Waals surface area (Å²) in [5.41, 5.74) is 6.18. The number of nitrogens with two attached hydrogens (primary N) is 1. The van der Waals surface area contributed by atoms with Crippen LogP contribution in [0, 0.1) is 6.92 Å². The Bertz CT molecular complexity index is 637. The molecule has 0 unspecified atom stereocenters. The number of benzene rings is 1. The normalized spacial score (nSPS) is 10.1. The van der Waals surface area contributed by atoms with Gasteiger partial charge in [-0.3, -0.25) is 4.79 Å². The molecule has 2 aromatic rings. The molecule has 2 N–H and O–H groups in total. The molecule has 1 aromatic heterocycles. The van der Waals surface area contributed by atoms with Gasteiger partial charge in [0.1, 0.15) is 17.4 Å². The number of nitrogens with zero attached hydrogens (tertiary/aromatic N) is 1. The number of carbonyl (C=O) groups is 2. The molecular formula is C14H14N2O4S. The van der Waals surface area contributed by atoms with Crippen molar-refractivity contribution in [3.05, 3.63) is 45.9 Å². The van der Waals surface area contributed by atoms with Crippen LogP contribution in [0.3, 0.4) is 0 Å². The Labute approximate surface area is 125 Å². The van der Waals surface area contributed by atoms with E-state index in [4.69, 9.17) is 10.5 Å². The Morgan fingerprint density at radius 2 is 2.00 bits per heavy atom. The van der Waals surface area contributed by atoms with Gasteiger partial charge < -0.3 is 15.2 Å². The van der Waals surface area contributed by atoms with Crippen molar-refractivity contribution in [2.75, 3.05) is 6.61 Å². The highest BCUT2D eigenvalue weighted by Gasteiger charge is 2.13. The van der Waals surface area contributed by atoms with Crippen molar-refractivity contribution in [2.45, 2.75) is 13.5 Å². The van der Waals surface area contributed by atoms with Crippen molar-refractivity contribution in [2.24, 2.45) is 5.73 Å². The molecule has 0 fully saturated rings. The highest BCUT2D eigenvalue weighted by molar-refractivity contribution is 7.09. The van der Waals surface area contributed by atoms with E-state index in [9.17, 15) is 9.59 Å². The zero-order chi connectivity index (χ0) is 15.2. The third-order valence-corrected chi connectivity index (χ3v) is 3.31. The second kappa shape index (κ2) is 6.85. The molecule has 0 radical (unpaired) electrons. The number of hydrogen-bond acceptors (Lipinski definition) is 6.